The van der Waals surface area contributed by atoms with Crippen LogP contribution in [0.3, 0.4) is 0 Å². The lowest BCUT2D eigenvalue weighted by Gasteiger charge is -1.96. The highest BCUT2D eigenvalue weighted by atomic mass is 16.1. The summed E-state index contributed by atoms with van der Waals surface area (Å²) in [5.74, 6) is 0.285. The molecule has 3 aromatic carbocycles. The molecule has 3 rings (SSSR count). The Bertz CT molecular complexity index is 938. The van der Waals surface area contributed by atoms with Gasteiger partial charge in [-0.15, -0.1) is 0 Å². The molecule has 0 aromatic heterocycles. The average Bonchev–Trinajstić information content (AvgIpc) is 2.78. The van der Waals surface area contributed by atoms with Crippen molar-refractivity contribution < 1.29 is 9.59 Å². The van der Waals surface area contributed by atoms with Crippen LogP contribution in [0.5, 0.6) is 0 Å². The van der Waals surface area contributed by atoms with Crippen LogP contribution in [0, 0.1) is 5.92 Å². The predicted octanol–water partition coefficient (Wildman–Crippen LogP) is 6.51. The number of allylic oxidation sites excluding steroid dienone is 2. The Hall–Kier alpha value is -3.52. The Kier molecular flexibility index (Phi) is 9.04. The Labute approximate surface area is 173 Å². The molecular formula is C27H26O2. The fourth-order valence-electron chi connectivity index (χ4n) is 2.37. The Balaban J connectivity index is 0.000000212. The smallest absolute Gasteiger partial charge is 0.185 e. The number of carbonyl (C=O) groups excluding carboxylic acids is 2. The van der Waals surface area contributed by atoms with Crippen molar-refractivity contribution in [1.82, 2.24) is 0 Å². The maximum Gasteiger partial charge on any atom is 0.185 e. The van der Waals surface area contributed by atoms with Crippen molar-refractivity contribution in [3.8, 4) is 0 Å². The molecule has 0 unspecified atom stereocenters. The van der Waals surface area contributed by atoms with Gasteiger partial charge in [-0.3, -0.25) is 9.59 Å². The molecule has 2 nitrogen and oxygen atoms in total. The van der Waals surface area contributed by atoms with Crippen LogP contribution >= 0.6 is 0 Å². The van der Waals surface area contributed by atoms with Gasteiger partial charge < -0.3 is 0 Å². The molecular weight excluding hydrogens is 356 g/mol. The molecule has 0 saturated carbocycles. The van der Waals surface area contributed by atoms with Gasteiger partial charge >= 0.3 is 0 Å². The van der Waals surface area contributed by atoms with Crippen molar-refractivity contribution in [3.63, 3.8) is 0 Å². The van der Waals surface area contributed by atoms with Crippen LogP contribution in [0.2, 0.25) is 0 Å². The van der Waals surface area contributed by atoms with Gasteiger partial charge in [-0.2, -0.15) is 0 Å². The van der Waals surface area contributed by atoms with E-state index in [0.29, 0.717) is 0 Å². The van der Waals surface area contributed by atoms with Gasteiger partial charge in [-0.05, 0) is 23.3 Å². The Morgan fingerprint density at radius 2 is 1.03 bits per heavy atom. The zero-order valence-electron chi connectivity index (χ0n) is 16.9. The Morgan fingerprint density at radius 3 is 1.48 bits per heavy atom. The molecule has 0 saturated heterocycles. The van der Waals surface area contributed by atoms with E-state index in [0.717, 1.165) is 16.7 Å². The molecule has 0 amide bonds. The number of hydrogen-bond donors (Lipinski definition) is 0. The van der Waals surface area contributed by atoms with E-state index in [-0.39, 0.29) is 17.5 Å². The fraction of sp³-hybridized carbons (Fsp3) is 0.111. The molecule has 3 aromatic rings. The Morgan fingerprint density at radius 1 is 0.621 bits per heavy atom. The first-order valence-electron chi connectivity index (χ1n) is 9.66. The van der Waals surface area contributed by atoms with Crippen LogP contribution in [0.1, 0.15) is 35.3 Å². The fourth-order valence-corrected chi connectivity index (χ4v) is 2.37. The quantitative estimate of drug-likeness (QED) is 0.360. The van der Waals surface area contributed by atoms with E-state index in [1.807, 2.05) is 117 Å². The van der Waals surface area contributed by atoms with Crippen molar-refractivity contribution in [1.29, 1.82) is 0 Å². The van der Waals surface area contributed by atoms with Crippen molar-refractivity contribution in [2.24, 2.45) is 5.92 Å². The summed E-state index contributed by atoms with van der Waals surface area (Å²) in [6.45, 7) is 3.80. The number of hydrogen-bond acceptors (Lipinski definition) is 2. The molecule has 0 bridgehead atoms. The van der Waals surface area contributed by atoms with Crippen LogP contribution in [-0.4, -0.2) is 11.6 Å². The molecule has 29 heavy (non-hydrogen) atoms. The zero-order valence-corrected chi connectivity index (χ0v) is 16.9. The van der Waals surface area contributed by atoms with E-state index in [1.54, 1.807) is 12.2 Å². The van der Waals surface area contributed by atoms with Crippen LogP contribution in [-0.2, 0) is 4.79 Å². The van der Waals surface area contributed by atoms with Gasteiger partial charge in [0.1, 0.15) is 0 Å². The second-order valence-corrected chi connectivity index (χ2v) is 6.78. The lowest BCUT2D eigenvalue weighted by Crippen LogP contribution is -2.01. The average molecular weight is 383 g/mol. The van der Waals surface area contributed by atoms with Gasteiger partial charge in [0.05, 0.1) is 0 Å². The van der Waals surface area contributed by atoms with E-state index in [1.165, 1.54) is 0 Å². The molecule has 2 heteroatoms. The summed E-state index contributed by atoms with van der Waals surface area (Å²) >= 11 is 0. The summed E-state index contributed by atoms with van der Waals surface area (Å²) in [5.41, 5.74) is 2.82. The minimum absolute atomic E-state index is 0.0319. The van der Waals surface area contributed by atoms with Crippen LogP contribution < -0.4 is 0 Å². The standard InChI is InChI=1S/C15H12O.C12H14O/c16-15(14-9-5-2-6-10-14)12-11-13-7-3-1-4-8-13;1-10(2)12(13)9-8-11-6-4-3-5-7-11/h1-12H;3-10H,1-2H3/b;9-8+. The lowest BCUT2D eigenvalue weighted by atomic mass is 10.1. The predicted molar refractivity (Wildman–Crippen MR) is 122 cm³/mol. The number of carbonyl (C=O) groups is 2. The molecule has 0 aliphatic carbocycles. The summed E-state index contributed by atoms with van der Waals surface area (Å²) in [6.07, 6.45) is 6.92. The van der Waals surface area contributed by atoms with Gasteiger partial charge in [0.2, 0.25) is 0 Å². The molecule has 0 spiro atoms. The van der Waals surface area contributed by atoms with Crippen LogP contribution in [0.15, 0.2) is 103 Å². The first-order valence-corrected chi connectivity index (χ1v) is 9.66. The van der Waals surface area contributed by atoms with Gasteiger partial charge in [0.25, 0.3) is 0 Å². The van der Waals surface area contributed by atoms with E-state index >= 15 is 0 Å². The van der Waals surface area contributed by atoms with Gasteiger partial charge in [0, 0.05) is 11.5 Å². The van der Waals surface area contributed by atoms with Crippen LogP contribution in [0.25, 0.3) is 12.2 Å². The molecule has 0 heterocycles. The third-order valence-corrected chi connectivity index (χ3v) is 4.09. The summed E-state index contributed by atoms with van der Waals surface area (Å²) in [4.78, 5) is 23.0. The zero-order chi connectivity index (χ0) is 20.9. The van der Waals surface area contributed by atoms with E-state index in [9.17, 15) is 9.59 Å². The van der Waals surface area contributed by atoms with Gasteiger partial charge in [-0.25, -0.2) is 0 Å². The summed E-state index contributed by atoms with van der Waals surface area (Å²) in [6, 6.07) is 28.9. The van der Waals surface area contributed by atoms with Gasteiger partial charge in [-0.1, -0.05) is 117 Å². The largest absolute Gasteiger partial charge is 0.295 e. The second-order valence-electron chi connectivity index (χ2n) is 6.78. The van der Waals surface area contributed by atoms with Crippen LogP contribution in [0.4, 0.5) is 0 Å². The highest BCUT2D eigenvalue weighted by Gasteiger charge is 2.01. The lowest BCUT2D eigenvalue weighted by molar-refractivity contribution is -0.117. The minimum atomic E-state index is 0.0319. The summed E-state index contributed by atoms with van der Waals surface area (Å²) in [7, 11) is 0. The maximum atomic E-state index is 11.7. The van der Waals surface area contributed by atoms with Crippen molar-refractivity contribution in [3.05, 3.63) is 120 Å². The molecule has 0 N–H and O–H groups in total. The monoisotopic (exact) mass is 382 g/mol. The summed E-state index contributed by atoms with van der Waals surface area (Å²) in [5, 5.41) is 0. The second kappa shape index (κ2) is 12.0. The molecule has 146 valence electrons. The molecule has 0 aliphatic rings. The van der Waals surface area contributed by atoms with Crippen molar-refractivity contribution in [2.75, 3.05) is 0 Å². The van der Waals surface area contributed by atoms with Gasteiger partial charge in [0.15, 0.2) is 11.6 Å². The molecule has 0 radical (unpaired) electrons. The van der Waals surface area contributed by atoms with Crippen molar-refractivity contribution >= 4 is 23.7 Å². The third kappa shape index (κ3) is 8.35. The SMILES string of the molecule is CC(C)C(=O)/C=C/c1ccccc1.O=C(C=Cc1ccccc1)c1ccccc1. The van der Waals surface area contributed by atoms with Crippen molar-refractivity contribution in [2.45, 2.75) is 13.8 Å². The molecule has 0 aliphatic heterocycles. The molecule has 0 atom stereocenters. The number of rotatable bonds is 6. The number of benzene rings is 3. The molecule has 0 fully saturated rings. The summed E-state index contributed by atoms with van der Waals surface area (Å²) < 4.78 is 0. The minimum Gasteiger partial charge on any atom is -0.295 e. The maximum absolute atomic E-state index is 11.7. The first kappa shape index (κ1) is 21.8. The highest BCUT2D eigenvalue weighted by Crippen LogP contribution is 2.05. The number of ketones is 2. The van der Waals surface area contributed by atoms with E-state index < -0.39 is 0 Å². The normalized spacial score (nSPS) is 10.7. The topological polar surface area (TPSA) is 34.1 Å². The van der Waals surface area contributed by atoms with E-state index in [2.05, 4.69) is 0 Å². The highest BCUT2D eigenvalue weighted by molar-refractivity contribution is 6.06. The first-order chi connectivity index (χ1) is 14.1. The van der Waals surface area contributed by atoms with E-state index in [4.69, 9.17) is 0 Å². The third-order valence-electron chi connectivity index (χ3n) is 4.09.